The van der Waals surface area contributed by atoms with Gasteiger partial charge >= 0.3 is 0 Å². The Hall–Kier alpha value is -3.02. The fourth-order valence-corrected chi connectivity index (χ4v) is 4.63. The molecule has 9 nitrogen and oxygen atoms in total. The van der Waals surface area contributed by atoms with Crippen LogP contribution in [-0.2, 0) is 16.3 Å². The molecule has 0 unspecified atom stereocenters. The van der Waals surface area contributed by atoms with Crippen molar-refractivity contribution >= 4 is 37.2 Å². The first-order valence-corrected chi connectivity index (χ1v) is 15.7. The summed E-state index contributed by atoms with van der Waals surface area (Å²) in [5.41, 5.74) is 2.72. The first-order valence-electron chi connectivity index (χ1n) is 10.8. The van der Waals surface area contributed by atoms with E-state index < -0.39 is 13.0 Å². The van der Waals surface area contributed by atoms with Crippen molar-refractivity contribution in [3.05, 3.63) is 52.7 Å². The van der Waals surface area contributed by atoms with Crippen LogP contribution in [0.4, 0.5) is 11.5 Å². The number of nitro benzene ring substituents is 1. The second-order valence-electron chi connectivity index (χ2n) is 8.99. The summed E-state index contributed by atoms with van der Waals surface area (Å²) < 4.78 is 8.03. The van der Waals surface area contributed by atoms with Gasteiger partial charge in [-0.3, -0.25) is 19.5 Å². The Morgan fingerprint density at radius 3 is 2.65 bits per heavy atom. The standard InChI is InChI=1S/C23H29N5O4SSi/c1-16(29)25-20-14-18(9-10-24-20)22-21(17-7-6-8-19(13-17)28(30)31)26-23(33-2)27(22)15-32-11-12-34(3,4)5/h6-10,13-14H,11-12,15H2,1-5H3,(H,24,25,29). The lowest BCUT2D eigenvalue weighted by Gasteiger charge is -2.17. The Bertz CT molecular complexity index is 1190. The van der Waals surface area contributed by atoms with Crippen molar-refractivity contribution < 1.29 is 14.5 Å². The molecule has 180 valence electrons. The molecule has 11 heteroatoms. The molecule has 0 aliphatic carbocycles. The smallest absolute Gasteiger partial charge is 0.270 e. The van der Waals surface area contributed by atoms with Gasteiger partial charge in [-0.05, 0) is 24.4 Å². The quantitative estimate of drug-likeness (QED) is 0.129. The molecule has 3 rings (SSSR count). The van der Waals surface area contributed by atoms with E-state index in [-0.39, 0.29) is 18.3 Å². The number of imidazole rings is 1. The highest BCUT2D eigenvalue weighted by atomic mass is 32.2. The predicted molar refractivity (Wildman–Crippen MR) is 138 cm³/mol. The highest BCUT2D eigenvalue weighted by Crippen LogP contribution is 2.37. The van der Waals surface area contributed by atoms with Gasteiger partial charge in [-0.1, -0.05) is 43.5 Å². The number of hydrogen-bond acceptors (Lipinski definition) is 7. The van der Waals surface area contributed by atoms with E-state index in [9.17, 15) is 14.9 Å². The summed E-state index contributed by atoms with van der Waals surface area (Å²) in [4.78, 5) is 31.6. The molecule has 0 atom stereocenters. The van der Waals surface area contributed by atoms with Crippen LogP contribution in [0, 0.1) is 10.1 Å². The Morgan fingerprint density at radius 2 is 2.00 bits per heavy atom. The molecule has 2 heterocycles. The number of aromatic nitrogens is 3. The van der Waals surface area contributed by atoms with Crippen LogP contribution in [0.15, 0.2) is 47.8 Å². The molecular weight excluding hydrogens is 470 g/mol. The average molecular weight is 500 g/mol. The van der Waals surface area contributed by atoms with E-state index >= 15 is 0 Å². The zero-order valence-corrected chi connectivity index (χ0v) is 21.8. The van der Waals surface area contributed by atoms with Crippen LogP contribution in [-0.4, -0.2) is 46.3 Å². The minimum Gasteiger partial charge on any atom is -0.361 e. The molecular formula is C23H29N5O4SSi. The number of rotatable bonds is 10. The van der Waals surface area contributed by atoms with E-state index in [4.69, 9.17) is 9.72 Å². The van der Waals surface area contributed by atoms with Crippen LogP contribution in [0.25, 0.3) is 22.5 Å². The number of anilines is 1. The molecule has 1 amide bonds. The average Bonchev–Trinajstić information content (AvgIpc) is 3.14. The summed E-state index contributed by atoms with van der Waals surface area (Å²) in [6.45, 7) is 9.25. The molecule has 0 saturated heterocycles. The number of carbonyl (C=O) groups excluding carboxylic acids is 1. The first-order chi connectivity index (χ1) is 16.1. The summed E-state index contributed by atoms with van der Waals surface area (Å²) in [5, 5.41) is 14.8. The number of ether oxygens (including phenoxy) is 1. The van der Waals surface area contributed by atoms with Crippen LogP contribution in [0.5, 0.6) is 0 Å². The highest BCUT2D eigenvalue weighted by Gasteiger charge is 2.22. The summed E-state index contributed by atoms with van der Waals surface area (Å²) in [7, 11) is -1.25. The maximum absolute atomic E-state index is 11.6. The Kier molecular flexibility index (Phi) is 8.23. The summed E-state index contributed by atoms with van der Waals surface area (Å²) in [5.74, 6) is 0.185. The van der Waals surface area contributed by atoms with Crippen molar-refractivity contribution in [1.82, 2.24) is 14.5 Å². The normalized spacial score (nSPS) is 11.4. The van der Waals surface area contributed by atoms with Gasteiger partial charge in [0.15, 0.2) is 5.16 Å². The van der Waals surface area contributed by atoms with Gasteiger partial charge in [-0.15, -0.1) is 0 Å². The van der Waals surface area contributed by atoms with Crippen molar-refractivity contribution in [1.29, 1.82) is 0 Å². The molecule has 0 spiro atoms. The van der Waals surface area contributed by atoms with Crippen LogP contribution < -0.4 is 5.32 Å². The predicted octanol–water partition coefficient (Wildman–Crippen LogP) is 5.51. The SMILES string of the molecule is CSc1nc(-c2cccc([N+](=O)[O-])c2)c(-c2ccnc(NC(C)=O)c2)n1COCC[Si](C)(C)C. The van der Waals surface area contributed by atoms with Gasteiger partial charge in [0.25, 0.3) is 5.69 Å². The zero-order valence-electron chi connectivity index (χ0n) is 20.0. The number of amides is 1. The van der Waals surface area contributed by atoms with Gasteiger partial charge < -0.3 is 10.1 Å². The van der Waals surface area contributed by atoms with Crippen molar-refractivity contribution in [2.45, 2.75) is 44.5 Å². The van der Waals surface area contributed by atoms with E-state index in [0.29, 0.717) is 23.7 Å². The molecule has 0 bridgehead atoms. The second-order valence-corrected chi connectivity index (χ2v) is 15.4. The topological polar surface area (TPSA) is 112 Å². The molecule has 0 aliphatic rings. The number of nitrogens with one attached hydrogen (secondary N) is 1. The number of nitro groups is 1. The molecule has 1 aromatic carbocycles. The fraction of sp³-hybridized carbons (Fsp3) is 0.348. The largest absolute Gasteiger partial charge is 0.361 e. The van der Waals surface area contributed by atoms with Crippen LogP contribution >= 0.6 is 11.8 Å². The van der Waals surface area contributed by atoms with E-state index in [1.54, 1.807) is 24.4 Å². The van der Waals surface area contributed by atoms with Crippen molar-refractivity contribution in [3.8, 4) is 22.5 Å². The van der Waals surface area contributed by atoms with Gasteiger partial charge in [-0.2, -0.15) is 0 Å². The van der Waals surface area contributed by atoms with Crippen molar-refractivity contribution in [2.24, 2.45) is 0 Å². The zero-order chi connectivity index (χ0) is 24.9. The van der Waals surface area contributed by atoms with Gasteiger partial charge in [0.1, 0.15) is 12.5 Å². The van der Waals surface area contributed by atoms with E-state index in [2.05, 4.69) is 29.9 Å². The third-order valence-corrected chi connectivity index (χ3v) is 7.38. The van der Waals surface area contributed by atoms with Gasteiger partial charge in [0, 0.05) is 51.1 Å². The number of hydrogen-bond donors (Lipinski definition) is 1. The van der Waals surface area contributed by atoms with Crippen molar-refractivity contribution in [2.75, 3.05) is 18.2 Å². The second kappa shape index (κ2) is 10.9. The third kappa shape index (κ3) is 6.52. The molecule has 1 N–H and O–H groups in total. The van der Waals surface area contributed by atoms with Crippen LogP contribution in [0.3, 0.4) is 0 Å². The number of carbonyl (C=O) groups is 1. The Balaban J connectivity index is 2.12. The van der Waals surface area contributed by atoms with Gasteiger partial charge in [-0.25, -0.2) is 9.97 Å². The van der Waals surface area contributed by atoms with Crippen LogP contribution in [0.1, 0.15) is 6.92 Å². The minimum atomic E-state index is -1.25. The lowest BCUT2D eigenvalue weighted by molar-refractivity contribution is -0.384. The molecule has 2 aromatic heterocycles. The summed E-state index contributed by atoms with van der Waals surface area (Å²) in [6, 6.07) is 11.0. The summed E-state index contributed by atoms with van der Waals surface area (Å²) in [6.07, 6.45) is 3.54. The van der Waals surface area contributed by atoms with Gasteiger partial charge in [0.05, 0.1) is 16.3 Å². The third-order valence-electron chi connectivity index (χ3n) is 5.00. The number of thioether (sulfide) groups is 1. The lowest BCUT2D eigenvalue weighted by Crippen LogP contribution is -2.22. The molecule has 3 aromatic rings. The molecule has 34 heavy (non-hydrogen) atoms. The molecule has 0 radical (unpaired) electrons. The highest BCUT2D eigenvalue weighted by molar-refractivity contribution is 7.98. The Morgan fingerprint density at radius 1 is 1.24 bits per heavy atom. The maximum Gasteiger partial charge on any atom is 0.270 e. The molecule has 0 aliphatic heterocycles. The minimum absolute atomic E-state index is 0.0104. The fourth-order valence-electron chi connectivity index (χ4n) is 3.33. The summed E-state index contributed by atoms with van der Waals surface area (Å²) >= 11 is 1.47. The number of benzene rings is 1. The van der Waals surface area contributed by atoms with Gasteiger partial charge in [0.2, 0.25) is 5.91 Å². The molecule has 0 fully saturated rings. The number of non-ortho nitro benzene ring substituents is 1. The van der Waals surface area contributed by atoms with Crippen molar-refractivity contribution in [3.63, 3.8) is 0 Å². The number of pyridine rings is 1. The maximum atomic E-state index is 11.6. The van der Waals surface area contributed by atoms with E-state index in [1.807, 2.05) is 16.9 Å². The monoisotopic (exact) mass is 499 g/mol. The first kappa shape index (κ1) is 25.6. The molecule has 0 saturated carbocycles. The Labute approximate surface area is 204 Å². The van der Waals surface area contributed by atoms with E-state index in [1.165, 1.54) is 30.8 Å². The number of nitrogens with zero attached hydrogens (tertiary/aromatic N) is 4. The van der Waals surface area contributed by atoms with E-state index in [0.717, 1.165) is 22.5 Å². The lowest BCUT2D eigenvalue weighted by atomic mass is 10.0. The van der Waals surface area contributed by atoms with Crippen LogP contribution in [0.2, 0.25) is 25.7 Å².